The zero-order chi connectivity index (χ0) is 15.2. The zero-order valence-corrected chi connectivity index (χ0v) is 13.1. The van der Waals surface area contributed by atoms with Gasteiger partial charge >= 0.3 is 0 Å². The van der Waals surface area contributed by atoms with Crippen molar-refractivity contribution in [2.45, 2.75) is 38.1 Å². The van der Waals surface area contributed by atoms with E-state index in [0.29, 0.717) is 19.5 Å². The molecule has 6 heteroatoms. The lowest BCUT2D eigenvalue weighted by molar-refractivity contribution is 0.461. The molecule has 0 fully saturated rings. The van der Waals surface area contributed by atoms with E-state index in [0.717, 1.165) is 18.5 Å². The predicted octanol–water partition coefficient (Wildman–Crippen LogP) is 2.36. The quantitative estimate of drug-likeness (QED) is 0.750. The summed E-state index contributed by atoms with van der Waals surface area (Å²) in [5, 5.41) is 3.17. The van der Waals surface area contributed by atoms with Crippen LogP contribution in [0.15, 0.2) is 23.1 Å². The number of sulfonamides is 1. The van der Waals surface area contributed by atoms with Gasteiger partial charge in [0.15, 0.2) is 0 Å². The summed E-state index contributed by atoms with van der Waals surface area (Å²) in [5.74, 6) is -0.702. The lowest BCUT2D eigenvalue weighted by atomic mass is 10.2. The van der Waals surface area contributed by atoms with Crippen LogP contribution < -0.4 is 5.32 Å². The molecule has 1 rings (SSSR count). The van der Waals surface area contributed by atoms with Crippen LogP contribution >= 0.6 is 0 Å². The van der Waals surface area contributed by atoms with Crippen LogP contribution in [0.3, 0.4) is 0 Å². The van der Waals surface area contributed by atoms with Crippen LogP contribution in [-0.4, -0.2) is 32.9 Å². The average Bonchev–Trinajstić information content (AvgIpc) is 2.41. The van der Waals surface area contributed by atoms with Crippen molar-refractivity contribution < 1.29 is 12.8 Å². The van der Waals surface area contributed by atoms with Crippen molar-refractivity contribution in [3.05, 3.63) is 29.6 Å². The second kappa shape index (κ2) is 7.71. The van der Waals surface area contributed by atoms with E-state index in [9.17, 15) is 12.8 Å². The van der Waals surface area contributed by atoms with Gasteiger partial charge in [-0.05, 0) is 37.1 Å². The fourth-order valence-corrected chi connectivity index (χ4v) is 3.24. The molecule has 0 spiro atoms. The van der Waals surface area contributed by atoms with Gasteiger partial charge in [0, 0.05) is 20.1 Å². The Kier molecular flexibility index (Phi) is 6.58. The van der Waals surface area contributed by atoms with Crippen molar-refractivity contribution in [3.63, 3.8) is 0 Å². The molecule has 20 heavy (non-hydrogen) atoms. The Labute approximate surface area is 121 Å². The molecular weight excluding hydrogens is 279 g/mol. The molecule has 114 valence electrons. The maximum atomic E-state index is 13.8. The molecule has 0 aliphatic rings. The van der Waals surface area contributed by atoms with E-state index in [-0.39, 0.29) is 4.90 Å². The van der Waals surface area contributed by atoms with E-state index in [1.54, 1.807) is 6.07 Å². The maximum Gasteiger partial charge on any atom is 0.245 e. The molecule has 4 nitrogen and oxygen atoms in total. The van der Waals surface area contributed by atoms with Crippen molar-refractivity contribution in [1.29, 1.82) is 0 Å². The van der Waals surface area contributed by atoms with Gasteiger partial charge in [0.25, 0.3) is 0 Å². The molecule has 0 radical (unpaired) electrons. The third-order valence-electron chi connectivity index (χ3n) is 2.98. The SMILES string of the molecule is CCCNCc1ccc(F)c(S(=O)(=O)N(C)CCC)c1. The summed E-state index contributed by atoms with van der Waals surface area (Å²) in [6, 6.07) is 4.24. The highest BCUT2D eigenvalue weighted by Gasteiger charge is 2.24. The molecule has 0 heterocycles. The smallest absolute Gasteiger partial charge is 0.245 e. The summed E-state index contributed by atoms with van der Waals surface area (Å²) in [5.41, 5.74) is 0.767. The fourth-order valence-electron chi connectivity index (χ4n) is 1.87. The fraction of sp³-hybridized carbons (Fsp3) is 0.571. The second-order valence-electron chi connectivity index (χ2n) is 4.77. The van der Waals surface area contributed by atoms with Crippen molar-refractivity contribution >= 4 is 10.0 Å². The predicted molar refractivity (Wildman–Crippen MR) is 78.5 cm³/mol. The number of nitrogens with zero attached hydrogens (tertiary/aromatic N) is 1. The first kappa shape index (κ1) is 17.1. The molecule has 1 aromatic rings. The van der Waals surface area contributed by atoms with Crippen LogP contribution in [0.4, 0.5) is 4.39 Å². The van der Waals surface area contributed by atoms with Gasteiger partial charge in [-0.15, -0.1) is 0 Å². The first-order valence-corrected chi connectivity index (χ1v) is 8.33. The minimum absolute atomic E-state index is 0.246. The van der Waals surface area contributed by atoms with Gasteiger partial charge in [-0.25, -0.2) is 17.1 Å². The van der Waals surface area contributed by atoms with Gasteiger partial charge in [-0.1, -0.05) is 19.9 Å². The number of halogens is 1. The van der Waals surface area contributed by atoms with E-state index >= 15 is 0 Å². The van der Waals surface area contributed by atoms with Gasteiger partial charge in [0.2, 0.25) is 10.0 Å². The molecule has 0 unspecified atom stereocenters. The average molecular weight is 302 g/mol. The largest absolute Gasteiger partial charge is 0.313 e. The Morgan fingerprint density at radius 1 is 1.25 bits per heavy atom. The molecule has 0 aliphatic heterocycles. The van der Waals surface area contributed by atoms with Crippen LogP contribution in [0, 0.1) is 5.82 Å². The lowest BCUT2D eigenvalue weighted by Gasteiger charge is -2.17. The van der Waals surface area contributed by atoms with E-state index in [1.165, 1.54) is 23.5 Å². The van der Waals surface area contributed by atoms with Gasteiger partial charge in [-0.3, -0.25) is 0 Å². The third-order valence-corrected chi connectivity index (χ3v) is 4.85. The molecular formula is C14H23FN2O2S. The van der Waals surface area contributed by atoms with Crippen LogP contribution in [0.5, 0.6) is 0 Å². The summed E-state index contributed by atoms with van der Waals surface area (Å²) in [4.78, 5) is -0.246. The Bertz CT molecular complexity index is 532. The zero-order valence-electron chi connectivity index (χ0n) is 12.3. The number of hydrogen-bond acceptors (Lipinski definition) is 3. The van der Waals surface area contributed by atoms with E-state index in [2.05, 4.69) is 5.32 Å². The Morgan fingerprint density at radius 3 is 2.55 bits per heavy atom. The lowest BCUT2D eigenvalue weighted by Crippen LogP contribution is -2.28. The van der Waals surface area contributed by atoms with Gasteiger partial charge in [0.05, 0.1) is 0 Å². The molecule has 0 amide bonds. The van der Waals surface area contributed by atoms with E-state index < -0.39 is 15.8 Å². The monoisotopic (exact) mass is 302 g/mol. The van der Waals surface area contributed by atoms with Crippen LogP contribution in [0.1, 0.15) is 32.3 Å². The molecule has 0 saturated heterocycles. The van der Waals surface area contributed by atoms with Crippen molar-refractivity contribution in [1.82, 2.24) is 9.62 Å². The first-order chi connectivity index (χ1) is 9.43. The van der Waals surface area contributed by atoms with Crippen LogP contribution in [0.2, 0.25) is 0 Å². The first-order valence-electron chi connectivity index (χ1n) is 6.89. The van der Waals surface area contributed by atoms with Crippen molar-refractivity contribution in [2.24, 2.45) is 0 Å². The normalized spacial score (nSPS) is 12.1. The van der Waals surface area contributed by atoms with E-state index in [1.807, 2.05) is 13.8 Å². The highest BCUT2D eigenvalue weighted by Crippen LogP contribution is 2.20. The summed E-state index contributed by atoms with van der Waals surface area (Å²) in [6.45, 7) is 5.68. The summed E-state index contributed by atoms with van der Waals surface area (Å²) in [6.07, 6.45) is 1.68. The topological polar surface area (TPSA) is 49.4 Å². The number of benzene rings is 1. The molecule has 1 N–H and O–H groups in total. The second-order valence-corrected chi connectivity index (χ2v) is 6.78. The van der Waals surface area contributed by atoms with Crippen molar-refractivity contribution in [3.8, 4) is 0 Å². The van der Waals surface area contributed by atoms with Gasteiger partial charge in [-0.2, -0.15) is 0 Å². The highest BCUT2D eigenvalue weighted by atomic mass is 32.2. The molecule has 0 atom stereocenters. The maximum absolute atomic E-state index is 13.8. The minimum Gasteiger partial charge on any atom is -0.313 e. The van der Waals surface area contributed by atoms with Crippen LogP contribution in [-0.2, 0) is 16.6 Å². The Morgan fingerprint density at radius 2 is 1.95 bits per heavy atom. The molecule has 0 aromatic heterocycles. The molecule has 0 aliphatic carbocycles. The standard InChI is InChI=1S/C14H23FN2O2S/c1-4-8-16-11-12-6-7-13(15)14(10-12)20(18,19)17(3)9-5-2/h6-7,10,16H,4-5,8-9,11H2,1-3H3. The number of nitrogens with one attached hydrogen (secondary N) is 1. The summed E-state index contributed by atoms with van der Waals surface area (Å²) in [7, 11) is -2.28. The molecule has 1 aromatic carbocycles. The summed E-state index contributed by atoms with van der Waals surface area (Å²) >= 11 is 0. The minimum atomic E-state index is -3.75. The van der Waals surface area contributed by atoms with Gasteiger partial charge in [0.1, 0.15) is 10.7 Å². The number of hydrogen-bond donors (Lipinski definition) is 1. The van der Waals surface area contributed by atoms with Gasteiger partial charge < -0.3 is 5.32 Å². The summed E-state index contributed by atoms with van der Waals surface area (Å²) < 4.78 is 39.6. The molecule has 0 saturated carbocycles. The molecule has 0 bridgehead atoms. The van der Waals surface area contributed by atoms with Crippen molar-refractivity contribution in [2.75, 3.05) is 20.1 Å². The van der Waals surface area contributed by atoms with Crippen LogP contribution in [0.25, 0.3) is 0 Å². The van der Waals surface area contributed by atoms with E-state index in [4.69, 9.17) is 0 Å². The number of rotatable bonds is 8. The third kappa shape index (κ3) is 4.26. The highest BCUT2D eigenvalue weighted by molar-refractivity contribution is 7.89. The Hall–Kier alpha value is -0.980. The Balaban J connectivity index is 3.01.